The first-order valence-corrected chi connectivity index (χ1v) is 7.84. The molecule has 0 fully saturated rings. The molecule has 1 atom stereocenters. The van der Waals surface area contributed by atoms with Crippen molar-refractivity contribution in [3.8, 4) is 0 Å². The molecule has 0 saturated carbocycles. The molecule has 2 rings (SSSR count). The lowest BCUT2D eigenvalue weighted by molar-refractivity contribution is -0.152. The number of rotatable bonds is 5. The van der Waals surface area contributed by atoms with Crippen molar-refractivity contribution in [2.75, 3.05) is 5.32 Å². The van der Waals surface area contributed by atoms with E-state index in [-0.39, 0.29) is 12.3 Å². The van der Waals surface area contributed by atoms with Gasteiger partial charge in [-0.15, -0.1) is 0 Å². The standard InChI is InChI=1S/C18H23N3O3/c1-11-8-6-7-9-15(11)10-16(22)24-14(4)18(23)19-17-12(2)20-21(5)13(17)3/h6-9,14H,10H2,1-5H3,(H,19,23). The largest absolute Gasteiger partial charge is 0.452 e. The topological polar surface area (TPSA) is 73.2 Å². The van der Waals surface area contributed by atoms with Gasteiger partial charge in [-0.1, -0.05) is 24.3 Å². The van der Waals surface area contributed by atoms with Crippen molar-refractivity contribution in [2.24, 2.45) is 7.05 Å². The van der Waals surface area contributed by atoms with Crippen molar-refractivity contribution in [2.45, 2.75) is 40.2 Å². The third-order valence-corrected chi connectivity index (χ3v) is 4.03. The van der Waals surface area contributed by atoms with Gasteiger partial charge in [-0.05, 0) is 38.8 Å². The van der Waals surface area contributed by atoms with Gasteiger partial charge in [-0.25, -0.2) is 0 Å². The lowest BCUT2D eigenvalue weighted by atomic mass is 10.1. The van der Waals surface area contributed by atoms with E-state index in [1.54, 1.807) is 11.6 Å². The van der Waals surface area contributed by atoms with E-state index in [1.165, 1.54) is 0 Å². The molecule has 1 unspecified atom stereocenters. The number of hydrogen-bond donors (Lipinski definition) is 1. The molecule has 6 heteroatoms. The first kappa shape index (κ1) is 17.7. The van der Waals surface area contributed by atoms with Crippen LogP contribution in [0.2, 0.25) is 0 Å². The number of esters is 1. The van der Waals surface area contributed by atoms with Crippen molar-refractivity contribution in [1.82, 2.24) is 9.78 Å². The highest BCUT2D eigenvalue weighted by atomic mass is 16.5. The molecule has 6 nitrogen and oxygen atoms in total. The van der Waals surface area contributed by atoms with Gasteiger partial charge in [-0.3, -0.25) is 14.3 Å². The van der Waals surface area contributed by atoms with Crippen molar-refractivity contribution < 1.29 is 14.3 Å². The summed E-state index contributed by atoms with van der Waals surface area (Å²) in [4.78, 5) is 24.3. The van der Waals surface area contributed by atoms with E-state index in [0.717, 1.165) is 22.5 Å². The molecule has 0 aliphatic heterocycles. The Kier molecular flexibility index (Phi) is 5.39. The summed E-state index contributed by atoms with van der Waals surface area (Å²) in [6, 6.07) is 7.61. The molecule has 0 aliphatic rings. The highest BCUT2D eigenvalue weighted by molar-refractivity contribution is 5.96. The number of ether oxygens (including phenoxy) is 1. The van der Waals surface area contributed by atoms with Gasteiger partial charge < -0.3 is 10.1 Å². The van der Waals surface area contributed by atoms with Crippen LogP contribution in [0.1, 0.15) is 29.4 Å². The molecular formula is C18H23N3O3. The third kappa shape index (κ3) is 4.01. The minimum absolute atomic E-state index is 0.148. The number of aromatic nitrogens is 2. The maximum Gasteiger partial charge on any atom is 0.311 e. The Labute approximate surface area is 141 Å². The summed E-state index contributed by atoms with van der Waals surface area (Å²) in [6.45, 7) is 7.18. The summed E-state index contributed by atoms with van der Waals surface area (Å²) in [5, 5.41) is 7.02. The van der Waals surface area contributed by atoms with E-state index in [2.05, 4.69) is 10.4 Å². The number of amides is 1. The molecule has 2 aromatic rings. The number of benzene rings is 1. The Morgan fingerprint density at radius 2 is 1.92 bits per heavy atom. The number of nitrogens with zero attached hydrogens (tertiary/aromatic N) is 2. The molecule has 0 saturated heterocycles. The molecular weight excluding hydrogens is 306 g/mol. The van der Waals surface area contributed by atoms with Crippen molar-refractivity contribution in [3.05, 3.63) is 46.8 Å². The maximum absolute atomic E-state index is 12.3. The normalized spacial score (nSPS) is 11.9. The Morgan fingerprint density at radius 1 is 1.25 bits per heavy atom. The summed E-state index contributed by atoms with van der Waals surface area (Å²) in [5.74, 6) is -0.793. The second-order valence-corrected chi connectivity index (χ2v) is 5.89. The zero-order chi connectivity index (χ0) is 17.9. The van der Waals surface area contributed by atoms with Crippen LogP contribution >= 0.6 is 0 Å². The van der Waals surface area contributed by atoms with Gasteiger partial charge in [0.25, 0.3) is 5.91 Å². The van der Waals surface area contributed by atoms with Crippen molar-refractivity contribution in [1.29, 1.82) is 0 Å². The average molecular weight is 329 g/mol. The fraction of sp³-hybridized carbons (Fsp3) is 0.389. The Hall–Kier alpha value is -2.63. The number of carbonyl (C=O) groups is 2. The highest BCUT2D eigenvalue weighted by Gasteiger charge is 2.21. The third-order valence-electron chi connectivity index (χ3n) is 4.03. The average Bonchev–Trinajstić information content (AvgIpc) is 2.75. The van der Waals surface area contributed by atoms with Gasteiger partial charge in [-0.2, -0.15) is 5.10 Å². The number of carbonyl (C=O) groups excluding carboxylic acids is 2. The van der Waals surface area contributed by atoms with Crippen molar-refractivity contribution in [3.63, 3.8) is 0 Å². The quantitative estimate of drug-likeness (QED) is 0.855. The molecule has 1 heterocycles. The molecule has 24 heavy (non-hydrogen) atoms. The SMILES string of the molecule is Cc1ccccc1CC(=O)OC(C)C(=O)Nc1c(C)nn(C)c1C. The molecule has 0 aliphatic carbocycles. The number of hydrogen-bond acceptors (Lipinski definition) is 4. The molecule has 1 aromatic heterocycles. The summed E-state index contributed by atoms with van der Waals surface area (Å²) in [6.07, 6.45) is -0.726. The molecule has 0 bridgehead atoms. The Bertz CT molecular complexity index is 765. The summed E-state index contributed by atoms with van der Waals surface area (Å²) >= 11 is 0. The predicted molar refractivity (Wildman–Crippen MR) is 91.7 cm³/mol. The Balaban J connectivity index is 1.96. The first-order chi connectivity index (χ1) is 11.3. The van der Waals surface area contributed by atoms with E-state index in [9.17, 15) is 9.59 Å². The van der Waals surface area contributed by atoms with Crippen LogP contribution in [-0.4, -0.2) is 27.8 Å². The fourth-order valence-electron chi connectivity index (χ4n) is 2.44. The van der Waals surface area contributed by atoms with Crippen LogP contribution in [0.4, 0.5) is 5.69 Å². The van der Waals surface area contributed by atoms with Gasteiger partial charge >= 0.3 is 5.97 Å². The van der Waals surface area contributed by atoms with E-state index in [4.69, 9.17) is 4.74 Å². The van der Waals surface area contributed by atoms with Crippen LogP contribution in [0, 0.1) is 20.8 Å². The first-order valence-electron chi connectivity index (χ1n) is 7.84. The predicted octanol–water partition coefficient (Wildman–Crippen LogP) is 2.46. The molecule has 1 amide bonds. The monoisotopic (exact) mass is 329 g/mol. The summed E-state index contributed by atoms with van der Waals surface area (Å²) in [7, 11) is 1.81. The van der Waals surface area contributed by atoms with Crippen LogP contribution in [-0.2, 0) is 27.8 Å². The van der Waals surface area contributed by atoms with Crippen LogP contribution in [0.25, 0.3) is 0 Å². The van der Waals surface area contributed by atoms with E-state index >= 15 is 0 Å². The van der Waals surface area contributed by atoms with Crippen molar-refractivity contribution >= 4 is 17.6 Å². The fourth-order valence-corrected chi connectivity index (χ4v) is 2.44. The number of nitrogens with one attached hydrogen (secondary N) is 1. The molecule has 128 valence electrons. The van der Waals surface area contributed by atoms with Gasteiger partial charge in [0.05, 0.1) is 23.5 Å². The second kappa shape index (κ2) is 7.29. The summed E-state index contributed by atoms with van der Waals surface area (Å²) < 4.78 is 6.95. The molecule has 1 N–H and O–H groups in total. The minimum Gasteiger partial charge on any atom is -0.452 e. The van der Waals surface area contributed by atoms with E-state index in [0.29, 0.717) is 5.69 Å². The lowest BCUT2D eigenvalue weighted by Gasteiger charge is -2.14. The van der Waals surface area contributed by atoms with Crippen LogP contribution in [0.5, 0.6) is 0 Å². The van der Waals surface area contributed by atoms with Crippen LogP contribution in [0.15, 0.2) is 24.3 Å². The second-order valence-electron chi connectivity index (χ2n) is 5.89. The molecule has 0 radical (unpaired) electrons. The number of anilines is 1. The van der Waals surface area contributed by atoms with Crippen LogP contribution < -0.4 is 5.32 Å². The van der Waals surface area contributed by atoms with E-state index in [1.807, 2.05) is 52.1 Å². The summed E-state index contributed by atoms with van der Waals surface area (Å²) in [5.41, 5.74) is 4.15. The van der Waals surface area contributed by atoms with Gasteiger partial charge in [0.15, 0.2) is 6.10 Å². The molecule has 1 aromatic carbocycles. The van der Waals surface area contributed by atoms with Gasteiger partial charge in [0.1, 0.15) is 0 Å². The molecule has 0 spiro atoms. The van der Waals surface area contributed by atoms with Crippen LogP contribution in [0.3, 0.4) is 0 Å². The zero-order valence-electron chi connectivity index (χ0n) is 14.7. The van der Waals surface area contributed by atoms with E-state index < -0.39 is 12.1 Å². The zero-order valence-corrected chi connectivity index (χ0v) is 14.7. The minimum atomic E-state index is -0.875. The Morgan fingerprint density at radius 3 is 2.50 bits per heavy atom. The maximum atomic E-state index is 12.3. The lowest BCUT2D eigenvalue weighted by Crippen LogP contribution is -2.30. The van der Waals surface area contributed by atoms with Gasteiger partial charge in [0.2, 0.25) is 0 Å². The highest BCUT2D eigenvalue weighted by Crippen LogP contribution is 2.19. The smallest absolute Gasteiger partial charge is 0.311 e. The van der Waals surface area contributed by atoms with Gasteiger partial charge in [0, 0.05) is 7.05 Å². The number of aryl methyl sites for hydroxylation is 3.